The lowest BCUT2D eigenvalue weighted by Crippen LogP contribution is -2.07. The van der Waals surface area contributed by atoms with E-state index in [1.54, 1.807) is 16.8 Å². The molecule has 2 atom stereocenters. The topological polar surface area (TPSA) is 141 Å². The zero-order valence-electron chi connectivity index (χ0n) is 23.5. The number of carboxylic acid groups (broad SMARTS) is 1. The maximum atomic E-state index is 15.2. The molecule has 0 aliphatic heterocycles. The Morgan fingerprint density at radius 1 is 1.16 bits per heavy atom. The van der Waals surface area contributed by atoms with Crippen LogP contribution >= 0.6 is 11.3 Å². The fourth-order valence-corrected chi connectivity index (χ4v) is 6.95. The van der Waals surface area contributed by atoms with Crippen molar-refractivity contribution >= 4 is 33.9 Å². The smallest absolute Gasteiger partial charge is 0.355 e. The lowest BCUT2D eigenvalue weighted by atomic mass is 9.84. The second-order valence-corrected chi connectivity index (χ2v) is 13.1. The van der Waals surface area contributed by atoms with Crippen molar-refractivity contribution in [1.82, 2.24) is 14.8 Å². The molecule has 1 saturated carbocycles. The monoisotopic (exact) mass is 626 g/mol. The third-order valence-corrected chi connectivity index (χ3v) is 9.73. The molecule has 12 heteroatoms. The predicted molar refractivity (Wildman–Crippen MR) is 162 cm³/mol. The average molecular weight is 627 g/mol. The standard InChI is InChI=1S/C31H30F2N4O3S2.H2O/c1-17-4-2-3-5-21(17)22-15-20(9-10-24(22)32)29-23(12-19-8-11-28(42(34)40)25(33)13-19)27(14-18-6-7-18)37(36-29)31-35-26(16-41-31)30(38)39;/h5,8-11,13,15-18H,2-4,6-7,12,14H2,1H3,(H2,34,40)(H,38,39);1H2. The molecule has 2 aromatic heterocycles. The molecule has 8 nitrogen and oxygen atoms in total. The van der Waals surface area contributed by atoms with Gasteiger partial charge in [-0.25, -0.2) is 23.2 Å². The number of carboxylic acids is 1. The number of thiazole rings is 1. The van der Waals surface area contributed by atoms with E-state index in [1.807, 2.05) is 6.07 Å². The van der Waals surface area contributed by atoms with Crippen LogP contribution in [0, 0.1) is 23.5 Å². The summed E-state index contributed by atoms with van der Waals surface area (Å²) >= 11 is 1.19. The van der Waals surface area contributed by atoms with Gasteiger partial charge in [-0.15, -0.1) is 16.5 Å². The molecular weight excluding hydrogens is 594 g/mol. The number of nitrogens with zero attached hydrogens (tertiary/aromatic N) is 3. The van der Waals surface area contributed by atoms with E-state index >= 15 is 4.39 Å². The van der Waals surface area contributed by atoms with Crippen molar-refractivity contribution in [2.24, 2.45) is 17.0 Å². The van der Waals surface area contributed by atoms with Crippen molar-refractivity contribution in [2.45, 2.75) is 56.8 Å². The van der Waals surface area contributed by atoms with Crippen LogP contribution in [0.1, 0.15) is 71.9 Å². The first kappa shape index (κ1) is 30.9. The van der Waals surface area contributed by atoms with E-state index in [-0.39, 0.29) is 27.8 Å². The van der Waals surface area contributed by atoms with E-state index in [4.69, 9.17) is 10.2 Å². The van der Waals surface area contributed by atoms with Crippen LogP contribution in [-0.4, -0.2) is 31.3 Å². The SMILES string of the molecule is CC1CCCC=C1c1cc(-c2nn(-c3nc(C(=O)O)cs3)c(CC3CC3)c2Cc2ccc([SH+](N)=O)c(F)c2)ccc1F.[OH-]. The molecule has 0 radical (unpaired) electrons. The number of nitrogens with two attached hydrogens (primary N) is 1. The van der Waals surface area contributed by atoms with Gasteiger partial charge in [0, 0.05) is 28.5 Å². The third kappa shape index (κ3) is 6.37. The highest BCUT2D eigenvalue weighted by Crippen LogP contribution is 2.40. The summed E-state index contributed by atoms with van der Waals surface area (Å²) in [6.45, 7) is 2.11. The Bertz CT molecular complexity index is 1750. The molecule has 2 aliphatic carbocycles. The average Bonchev–Trinajstić information content (AvgIpc) is 3.51. The van der Waals surface area contributed by atoms with Gasteiger partial charge in [0.1, 0.15) is 5.82 Å². The van der Waals surface area contributed by atoms with Crippen molar-refractivity contribution < 1.29 is 28.4 Å². The summed E-state index contributed by atoms with van der Waals surface area (Å²) in [7, 11) is -2.32. The second-order valence-electron chi connectivity index (χ2n) is 11.1. The van der Waals surface area contributed by atoms with Crippen LogP contribution in [0.5, 0.6) is 0 Å². The van der Waals surface area contributed by atoms with E-state index in [0.717, 1.165) is 48.9 Å². The van der Waals surface area contributed by atoms with E-state index in [9.17, 15) is 18.5 Å². The Labute approximate surface area is 254 Å². The second kappa shape index (κ2) is 12.6. The van der Waals surface area contributed by atoms with Crippen molar-refractivity contribution in [3.05, 3.63) is 87.6 Å². The van der Waals surface area contributed by atoms with Gasteiger partial charge in [0.05, 0.1) is 11.4 Å². The molecule has 2 heterocycles. The largest absolute Gasteiger partial charge is 0.870 e. The normalized spacial score (nSPS) is 17.3. The molecule has 4 aromatic rings. The molecule has 2 aromatic carbocycles. The fraction of sp³-hybridized carbons (Fsp3) is 0.323. The summed E-state index contributed by atoms with van der Waals surface area (Å²) in [5.41, 5.74) is 5.13. The van der Waals surface area contributed by atoms with Gasteiger partial charge in [0.15, 0.2) is 22.5 Å². The summed E-state index contributed by atoms with van der Waals surface area (Å²) in [6, 6.07) is 9.50. The third-order valence-electron chi connectivity index (χ3n) is 8.08. The molecule has 2 aliphatic rings. The molecule has 0 bridgehead atoms. The molecule has 0 saturated heterocycles. The van der Waals surface area contributed by atoms with Crippen LogP contribution in [0.3, 0.4) is 0 Å². The van der Waals surface area contributed by atoms with Crippen LogP contribution in [-0.2, 0) is 28.0 Å². The predicted octanol–water partition coefficient (Wildman–Crippen LogP) is 6.47. The fourth-order valence-electron chi connectivity index (χ4n) is 5.68. The number of allylic oxidation sites excluding steroid dienone is 2. The molecule has 43 heavy (non-hydrogen) atoms. The summed E-state index contributed by atoms with van der Waals surface area (Å²) in [4.78, 5) is 15.9. The number of thiol groups is 1. The van der Waals surface area contributed by atoms with Gasteiger partial charge < -0.3 is 10.6 Å². The van der Waals surface area contributed by atoms with Gasteiger partial charge >= 0.3 is 5.97 Å². The van der Waals surface area contributed by atoms with E-state index < -0.39 is 22.8 Å². The Balaban J connectivity index is 0.00000368. The lowest BCUT2D eigenvalue weighted by molar-refractivity contribution is 0.0691. The van der Waals surface area contributed by atoms with Gasteiger partial charge in [-0.1, -0.05) is 23.3 Å². The van der Waals surface area contributed by atoms with Gasteiger partial charge in [0.2, 0.25) is 10.0 Å². The molecule has 1 fully saturated rings. The Kier molecular flexibility index (Phi) is 9.02. The molecule has 0 amide bonds. The highest BCUT2D eigenvalue weighted by Gasteiger charge is 2.30. The minimum Gasteiger partial charge on any atom is -0.870 e. The highest BCUT2D eigenvalue weighted by atomic mass is 32.2. The molecule has 226 valence electrons. The van der Waals surface area contributed by atoms with Crippen molar-refractivity contribution in [1.29, 1.82) is 0 Å². The quantitative estimate of drug-likeness (QED) is 0.161. The number of benzene rings is 2. The van der Waals surface area contributed by atoms with Gasteiger partial charge in [-0.3, -0.25) is 0 Å². The van der Waals surface area contributed by atoms with Gasteiger partial charge in [0.25, 0.3) is 0 Å². The zero-order chi connectivity index (χ0) is 29.5. The van der Waals surface area contributed by atoms with Crippen LogP contribution < -0.4 is 5.14 Å². The van der Waals surface area contributed by atoms with Crippen LogP contribution in [0.2, 0.25) is 0 Å². The molecule has 0 spiro atoms. The highest BCUT2D eigenvalue weighted by molar-refractivity contribution is 7.82. The number of rotatable bonds is 9. The first-order chi connectivity index (χ1) is 20.2. The molecular formula is C31H32F2N4O4S2. The maximum Gasteiger partial charge on any atom is 0.355 e. The van der Waals surface area contributed by atoms with Crippen molar-refractivity contribution in [3.63, 3.8) is 0 Å². The Morgan fingerprint density at radius 3 is 2.60 bits per heavy atom. The lowest BCUT2D eigenvalue weighted by Gasteiger charge is -2.21. The van der Waals surface area contributed by atoms with Crippen LogP contribution in [0.4, 0.5) is 8.78 Å². The van der Waals surface area contributed by atoms with E-state index in [0.29, 0.717) is 46.3 Å². The Hall–Kier alpha value is -3.58. The van der Waals surface area contributed by atoms with Gasteiger partial charge in [-0.2, -0.15) is 5.10 Å². The number of aromatic nitrogens is 3. The maximum absolute atomic E-state index is 15.2. The van der Waals surface area contributed by atoms with Crippen LogP contribution in [0.15, 0.2) is 52.7 Å². The first-order valence-corrected chi connectivity index (χ1v) is 16.2. The number of hydrogen-bond acceptors (Lipinski definition) is 6. The van der Waals surface area contributed by atoms with E-state index in [2.05, 4.69) is 18.0 Å². The summed E-state index contributed by atoms with van der Waals surface area (Å²) < 4.78 is 43.6. The summed E-state index contributed by atoms with van der Waals surface area (Å²) in [5, 5.41) is 21.8. The molecule has 2 unspecified atom stereocenters. The van der Waals surface area contributed by atoms with Crippen LogP contribution in [0.25, 0.3) is 22.0 Å². The zero-order valence-corrected chi connectivity index (χ0v) is 25.2. The minimum atomic E-state index is -2.32. The minimum absolute atomic E-state index is 0. The molecule has 4 N–H and O–H groups in total. The number of halogens is 2. The number of aromatic carboxylic acids is 1. The van der Waals surface area contributed by atoms with Crippen molar-refractivity contribution in [3.8, 4) is 16.4 Å². The summed E-state index contributed by atoms with van der Waals surface area (Å²) in [6.07, 6.45) is 8.21. The Morgan fingerprint density at radius 2 is 1.95 bits per heavy atom. The molecule has 6 rings (SSSR count). The number of carbonyl (C=O) groups is 1. The van der Waals surface area contributed by atoms with Gasteiger partial charge in [-0.05, 0) is 91.8 Å². The van der Waals surface area contributed by atoms with Crippen molar-refractivity contribution in [2.75, 3.05) is 0 Å². The first-order valence-electron chi connectivity index (χ1n) is 14.0. The number of hydrogen-bond donors (Lipinski definition) is 2. The van der Waals surface area contributed by atoms with E-state index in [1.165, 1.54) is 34.9 Å². The summed E-state index contributed by atoms with van der Waals surface area (Å²) in [5.74, 6) is -1.38.